The fourth-order valence-electron chi connectivity index (χ4n) is 3.53. The van der Waals surface area contributed by atoms with E-state index in [4.69, 9.17) is 4.74 Å². The summed E-state index contributed by atoms with van der Waals surface area (Å²) >= 11 is 0. The van der Waals surface area contributed by atoms with Crippen LogP contribution in [0.15, 0.2) is 18.3 Å². The van der Waals surface area contributed by atoms with Gasteiger partial charge in [0.1, 0.15) is 0 Å². The fourth-order valence-corrected chi connectivity index (χ4v) is 3.53. The zero-order chi connectivity index (χ0) is 15.0. The molecule has 3 nitrogen and oxygen atoms in total. The summed E-state index contributed by atoms with van der Waals surface area (Å²) in [6, 6.07) is 4.48. The summed E-state index contributed by atoms with van der Waals surface area (Å²) in [5, 5.41) is 3.62. The Morgan fingerprint density at radius 3 is 2.60 bits per heavy atom. The molecule has 0 bridgehead atoms. The smallest absolute Gasteiger partial charge is 0.0681 e. The molecule has 0 aromatic carbocycles. The first kappa shape index (κ1) is 15.5. The van der Waals surface area contributed by atoms with Crippen LogP contribution in [0.4, 0.5) is 0 Å². The fraction of sp³-hybridized carbons (Fsp3) is 0.706. The summed E-state index contributed by atoms with van der Waals surface area (Å²) in [4.78, 5) is 4.60. The molecular formula is C17H28N2O. The topological polar surface area (TPSA) is 34.2 Å². The predicted octanol–water partition coefficient (Wildman–Crippen LogP) is 3.63. The second kappa shape index (κ2) is 5.45. The van der Waals surface area contributed by atoms with Crippen LogP contribution in [0.5, 0.6) is 0 Å². The maximum Gasteiger partial charge on any atom is 0.0681 e. The van der Waals surface area contributed by atoms with Crippen LogP contribution in [0.1, 0.15) is 58.3 Å². The van der Waals surface area contributed by atoms with E-state index >= 15 is 0 Å². The summed E-state index contributed by atoms with van der Waals surface area (Å²) in [5.74, 6) is 0.423. The quantitative estimate of drug-likeness (QED) is 0.911. The van der Waals surface area contributed by atoms with Crippen LogP contribution in [0.25, 0.3) is 0 Å². The molecule has 1 saturated heterocycles. The van der Waals surface area contributed by atoms with Crippen LogP contribution in [-0.4, -0.2) is 22.7 Å². The molecule has 0 spiro atoms. The second-order valence-electron chi connectivity index (χ2n) is 7.07. The Morgan fingerprint density at radius 1 is 1.40 bits per heavy atom. The minimum absolute atomic E-state index is 0.0638. The summed E-state index contributed by atoms with van der Waals surface area (Å²) in [7, 11) is 0. The second-order valence-corrected chi connectivity index (χ2v) is 7.07. The van der Waals surface area contributed by atoms with E-state index < -0.39 is 0 Å². The Morgan fingerprint density at radius 2 is 2.10 bits per heavy atom. The molecule has 2 rings (SSSR count). The average Bonchev–Trinajstić information content (AvgIpc) is 2.54. The van der Waals surface area contributed by atoms with Gasteiger partial charge in [0.2, 0.25) is 0 Å². The molecule has 112 valence electrons. The van der Waals surface area contributed by atoms with Gasteiger partial charge in [0.15, 0.2) is 0 Å². The number of hydrogen-bond donors (Lipinski definition) is 1. The molecule has 2 unspecified atom stereocenters. The Kier molecular flexibility index (Phi) is 4.22. The van der Waals surface area contributed by atoms with Gasteiger partial charge in [0, 0.05) is 12.1 Å². The molecule has 1 aliphatic rings. The van der Waals surface area contributed by atoms with Crippen molar-refractivity contribution in [3.63, 3.8) is 0 Å². The molecule has 2 heterocycles. The molecule has 1 aliphatic heterocycles. The number of ether oxygens (including phenoxy) is 1. The molecular weight excluding hydrogens is 248 g/mol. The van der Waals surface area contributed by atoms with Gasteiger partial charge in [-0.25, -0.2) is 0 Å². The van der Waals surface area contributed by atoms with Gasteiger partial charge in [-0.1, -0.05) is 6.92 Å². The first-order chi connectivity index (χ1) is 9.25. The van der Waals surface area contributed by atoms with E-state index in [1.807, 2.05) is 12.3 Å². The monoisotopic (exact) mass is 276 g/mol. The Labute approximate surface area is 123 Å². The molecule has 1 aromatic heterocycles. The third-order valence-corrected chi connectivity index (χ3v) is 4.23. The maximum atomic E-state index is 6.26. The van der Waals surface area contributed by atoms with Gasteiger partial charge in [0.05, 0.1) is 22.9 Å². The van der Waals surface area contributed by atoms with Crippen molar-refractivity contribution in [1.29, 1.82) is 0 Å². The highest BCUT2D eigenvalue weighted by molar-refractivity contribution is 5.20. The third-order valence-electron chi connectivity index (χ3n) is 4.23. The lowest BCUT2D eigenvalue weighted by molar-refractivity contribution is -0.0779. The van der Waals surface area contributed by atoms with E-state index in [2.05, 4.69) is 57.9 Å². The predicted molar refractivity (Wildman–Crippen MR) is 82.7 cm³/mol. The minimum Gasteiger partial charge on any atom is -0.369 e. The number of aromatic nitrogens is 1. The van der Waals surface area contributed by atoms with Crippen molar-refractivity contribution in [3.05, 3.63) is 29.6 Å². The number of rotatable bonds is 4. The lowest BCUT2D eigenvalue weighted by Gasteiger charge is -2.33. The van der Waals surface area contributed by atoms with Gasteiger partial charge in [-0.3, -0.25) is 4.98 Å². The largest absolute Gasteiger partial charge is 0.369 e. The SMILES string of the molecule is CCNC(c1cc(C)ccn1)C1CC(C)(C)OC1(C)C. The minimum atomic E-state index is -0.137. The molecule has 0 radical (unpaired) electrons. The lowest BCUT2D eigenvalue weighted by atomic mass is 9.80. The van der Waals surface area contributed by atoms with Crippen LogP contribution >= 0.6 is 0 Å². The molecule has 1 aromatic rings. The van der Waals surface area contributed by atoms with Crippen molar-refractivity contribution in [1.82, 2.24) is 10.3 Å². The van der Waals surface area contributed by atoms with Gasteiger partial charge in [-0.05, 0) is 65.3 Å². The van der Waals surface area contributed by atoms with E-state index in [1.165, 1.54) is 5.56 Å². The molecule has 2 atom stereocenters. The lowest BCUT2D eigenvalue weighted by Crippen LogP contribution is -2.39. The summed E-state index contributed by atoms with van der Waals surface area (Å²) in [6.45, 7) is 14.0. The highest BCUT2D eigenvalue weighted by Crippen LogP contribution is 2.47. The van der Waals surface area contributed by atoms with Gasteiger partial charge in [0.25, 0.3) is 0 Å². The van der Waals surface area contributed by atoms with Gasteiger partial charge in [-0.2, -0.15) is 0 Å². The average molecular weight is 276 g/mol. The molecule has 20 heavy (non-hydrogen) atoms. The van der Waals surface area contributed by atoms with E-state index in [0.29, 0.717) is 5.92 Å². The molecule has 0 saturated carbocycles. The number of pyridine rings is 1. The molecule has 0 amide bonds. The van der Waals surface area contributed by atoms with Crippen molar-refractivity contribution >= 4 is 0 Å². The Bertz CT molecular complexity index is 468. The number of nitrogens with one attached hydrogen (secondary N) is 1. The number of hydrogen-bond acceptors (Lipinski definition) is 3. The van der Waals surface area contributed by atoms with E-state index in [1.54, 1.807) is 0 Å². The molecule has 3 heteroatoms. The van der Waals surface area contributed by atoms with Crippen molar-refractivity contribution in [3.8, 4) is 0 Å². The Hall–Kier alpha value is -0.930. The van der Waals surface area contributed by atoms with Gasteiger partial charge in [-0.15, -0.1) is 0 Å². The first-order valence-electron chi connectivity index (χ1n) is 7.61. The van der Waals surface area contributed by atoms with E-state index in [0.717, 1.165) is 18.7 Å². The zero-order valence-electron chi connectivity index (χ0n) is 13.7. The van der Waals surface area contributed by atoms with Crippen LogP contribution in [0.3, 0.4) is 0 Å². The highest BCUT2D eigenvalue weighted by Gasteiger charge is 2.49. The normalized spacial score (nSPS) is 25.6. The van der Waals surface area contributed by atoms with Gasteiger partial charge < -0.3 is 10.1 Å². The van der Waals surface area contributed by atoms with Crippen LogP contribution < -0.4 is 5.32 Å². The Balaban J connectivity index is 2.34. The highest BCUT2D eigenvalue weighted by atomic mass is 16.5. The van der Waals surface area contributed by atoms with Crippen molar-refractivity contribution in [2.45, 2.75) is 65.2 Å². The van der Waals surface area contributed by atoms with Crippen LogP contribution in [-0.2, 0) is 4.74 Å². The number of nitrogens with zero attached hydrogens (tertiary/aromatic N) is 1. The van der Waals surface area contributed by atoms with Crippen molar-refractivity contribution in [2.75, 3.05) is 6.54 Å². The standard InChI is InChI=1S/C17H28N2O/c1-7-18-15(14-10-12(2)8-9-19-14)13-11-16(3,4)20-17(13,5)6/h8-10,13,15,18H,7,11H2,1-6H3. The number of aryl methyl sites for hydroxylation is 1. The zero-order valence-corrected chi connectivity index (χ0v) is 13.7. The summed E-state index contributed by atoms with van der Waals surface area (Å²) in [6.07, 6.45) is 2.95. The molecule has 1 N–H and O–H groups in total. The van der Waals surface area contributed by atoms with Crippen LogP contribution in [0.2, 0.25) is 0 Å². The van der Waals surface area contributed by atoms with E-state index in [-0.39, 0.29) is 17.2 Å². The molecule has 0 aliphatic carbocycles. The van der Waals surface area contributed by atoms with Crippen molar-refractivity contribution < 1.29 is 4.74 Å². The third kappa shape index (κ3) is 3.21. The molecule has 1 fully saturated rings. The summed E-state index contributed by atoms with van der Waals surface area (Å²) in [5.41, 5.74) is 2.19. The first-order valence-corrected chi connectivity index (χ1v) is 7.61. The maximum absolute atomic E-state index is 6.26. The van der Waals surface area contributed by atoms with Crippen LogP contribution in [0, 0.1) is 12.8 Å². The van der Waals surface area contributed by atoms with E-state index in [9.17, 15) is 0 Å². The summed E-state index contributed by atoms with van der Waals surface area (Å²) < 4.78 is 6.26. The van der Waals surface area contributed by atoms with Crippen molar-refractivity contribution in [2.24, 2.45) is 5.92 Å². The van der Waals surface area contributed by atoms with Gasteiger partial charge >= 0.3 is 0 Å².